The molecule has 0 spiro atoms. The smallest absolute Gasteiger partial charge is 0.124 e. The predicted molar refractivity (Wildman–Crippen MR) is 87.6 cm³/mol. The summed E-state index contributed by atoms with van der Waals surface area (Å²) < 4.78 is 5.96. The summed E-state index contributed by atoms with van der Waals surface area (Å²) in [5.41, 5.74) is 1.29. The van der Waals surface area contributed by atoms with E-state index in [1.807, 2.05) is 0 Å². The Labute approximate surface area is 125 Å². The highest BCUT2D eigenvalue weighted by Crippen LogP contribution is 2.37. The van der Waals surface area contributed by atoms with E-state index in [0.29, 0.717) is 11.3 Å². The Morgan fingerprint density at radius 1 is 1.26 bits per heavy atom. The first-order valence-corrected chi connectivity index (χ1v) is 9.05. The second-order valence-electron chi connectivity index (χ2n) is 4.95. The van der Waals surface area contributed by atoms with Gasteiger partial charge in [-0.1, -0.05) is 18.2 Å². The molecule has 0 saturated carbocycles. The Morgan fingerprint density at radius 2 is 2.05 bits per heavy atom. The van der Waals surface area contributed by atoms with Crippen LogP contribution < -0.4 is 10.1 Å². The van der Waals surface area contributed by atoms with Gasteiger partial charge in [0.15, 0.2) is 0 Å². The average molecular weight is 297 g/mol. The third kappa shape index (κ3) is 4.07. The van der Waals surface area contributed by atoms with Crippen molar-refractivity contribution in [2.75, 3.05) is 24.3 Å². The fraction of sp³-hybridized carbons (Fsp3) is 0.600. The molecule has 1 aromatic rings. The van der Waals surface area contributed by atoms with Gasteiger partial charge in [0.2, 0.25) is 0 Å². The lowest BCUT2D eigenvalue weighted by Gasteiger charge is -2.31. The Kier molecular flexibility index (Phi) is 5.92. The summed E-state index contributed by atoms with van der Waals surface area (Å²) in [5.74, 6) is 4.77. The Bertz CT molecular complexity index is 391. The summed E-state index contributed by atoms with van der Waals surface area (Å²) in [7, 11) is 2.05. The lowest BCUT2D eigenvalue weighted by Crippen LogP contribution is -2.32. The third-order valence-electron chi connectivity index (χ3n) is 3.14. The van der Waals surface area contributed by atoms with E-state index < -0.39 is 0 Å². The largest absolute Gasteiger partial charge is 0.491 e. The fourth-order valence-corrected chi connectivity index (χ4v) is 5.24. The number of para-hydroxylation sites is 1. The van der Waals surface area contributed by atoms with Crippen LogP contribution in [0.15, 0.2) is 24.3 Å². The van der Waals surface area contributed by atoms with Crippen molar-refractivity contribution in [3.63, 3.8) is 0 Å². The van der Waals surface area contributed by atoms with Gasteiger partial charge in [0.1, 0.15) is 5.75 Å². The van der Waals surface area contributed by atoms with E-state index in [2.05, 4.69) is 74.0 Å². The molecule has 106 valence electrons. The highest BCUT2D eigenvalue weighted by Gasteiger charge is 2.27. The quantitative estimate of drug-likeness (QED) is 0.896. The first kappa shape index (κ1) is 15.1. The van der Waals surface area contributed by atoms with E-state index >= 15 is 0 Å². The summed E-state index contributed by atoms with van der Waals surface area (Å²) in [4.78, 5) is 0. The maximum absolute atomic E-state index is 5.96. The average Bonchev–Trinajstić information content (AvgIpc) is 2.42. The van der Waals surface area contributed by atoms with Crippen LogP contribution in [-0.4, -0.2) is 35.7 Å². The standard InChI is InChI=1S/C15H23NOS2/c1-11(2)17-13-7-5-4-6-12(13)15(16-3)14-10-18-8-9-19-14/h4-7,11,14-16H,8-10H2,1-3H3. The number of benzene rings is 1. The van der Waals surface area contributed by atoms with Gasteiger partial charge in [0, 0.05) is 34.1 Å². The van der Waals surface area contributed by atoms with Gasteiger partial charge in [-0.15, -0.1) is 0 Å². The van der Waals surface area contributed by atoms with Crippen LogP contribution in [0.1, 0.15) is 25.5 Å². The number of thioether (sulfide) groups is 2. The molecule has 1 aliphatic heterocycles. The monoisotopic (exact) mass is 297 g/mol. The molecule has 1 heterocycles. The van der Waals surface area contributed by atoms with Crippen molar-refractivity contribution in [2.45, 2.75) is 31.2 Å². The lowest BCUT2D eigenvalue weighted by molar-refractivity contribution is 0.238. The Hall–Kier alpha value is -0.320. The zero-order valence-electron chi connectivity index (χ0n) is 11.9. The molecule has 1 saturated heterocycles. The van der Waals surface area contributed by atoms with Crippen molar-refractivity contribution in [3.05, 3.63) is 29.8 Å². The molecule has 2 atom stereocenters. The fourth-order valence-electron chi connectivity index (χ4n) is 2.34. The van der Waals surface area contributed by atoms with Gasteiger partial charge < -0.3 is 10.1 Å². The summed E-state index contributed by atoms with van der Waals surface area (Å²) >= 11 is 4.14. The molecule has 2 nitrogen and oxygen atoms in total. The van der Waals surface area contributed by atoms with Gasteiger partial charge in [-0.3, -0.25) is 0 Å². The predicted octanol–water partition coefficient (Wildman–Crippen LogP) is 3.58. The van der Waals surface area contributed by atoms with E-state index in [9.17, 15) is 0 Å². The highest BCUT2D eigenvalue weighted by atomic mass is 32.2. The molecule has 1 N–H and O–H groups in total. The van der Waals surface area contributed by atoms with Crippen LogP contribution in [0.25, 0.3) is 0 Å². The number of hydrogen-bond donors (Lipinski definition) is 1. The van der Waals surface area contributed by atoms with Crippen LogP contribution in [0.3, 0.4) is 0 Å². The minimum atomic E-state index is 0.215. The van der Waals surface area contributed by atoms with Crippen LogP contribution in [0.5, 0.6) is 5.75 Å². The zero-order valence-corrected chi connectivity index (χ0v) is 13.5. The van der Waals surface area contributed by atoms with Crippen molar-refractivity contribution in [1.29, 1.82) is 0 Å². The van der Waals surface area contributed by atoms with Crippen molar-refractivity contribution < 1.29 is 4.74 Å². The molecule has 0 amide bonds. The van der Waals surface area contributed by atoms with Crippen molar-refractivity contribution in [1.82, 2.24) is 5.32 Å². The molecule has 0 bridgehead atoms. The van der Waals surface area contributed by atoms with Crippen LogP contribution in [0, 0.1) is 0 Å². The van der Waals surface area contributed by atoms with E-state index in [-0.39, 0.29) is 6.10 Å². The number of nitrogens with one attached hydrogen (secondary N) is 1. The van der Waals surface area contributed by atoms with Gasteiger partial charge in [-0.05, 0) is 27.0 Å². The normalized spacial score (nSPS) is 21.4. The number of rotatable bonds is 5. The topological polar surface area (TPSA) is 21.3 Å². The van der Waals surface area contributed by atoms with Crippen molar-refractivity contribution in [3.8, 4) is 5.75 Å². The van der Waals surface area contributed by atoms with Gasteiger partial charge in [-0.2, -0.15) is 23.5 Å². The summed E-state index contributed by atoms with van der Waals surface area (Å²) in [6, 6.07) is 8.80. The molecule has 0 radical (unpaired) electrons. The molecule has 4 heteroatoms. The molecule has 2 rings (SSSR count). The minimum Gasteiger partial charge on any atom is -0.491 e. The molecule has 0 aromatic heterocycles. The van der Waals surface area contributed by atoms with E-state index in [4.69, 9.17) is 4.74 Å². The SMILES string of the molecule is CNC(c1ccccc1OC(C)C)C1CSCCS1. The minimum absolute atomic E-state index is 0.215. The molecular weight excluding hydrogens is 274 g/mol. The number of hydrogen-bond acceptors (Lipinski definition) is 4. The maximum atomic E-state index is 5.96. The first-order chi connectivity index (χ1) is 9.22. The van der Waals surface area contributed by atoms with E-state index in [1.54, 1.807) is 0 Å². The summed E-state index contributed by atoms with van der Waals surface area (Å²) in [5, 5.41) is 4.11. The van der Waals surface area contributed by atoms with Crippen molar-refractivity contribution >= 4 is 23.5 Å². The third-order valence-corrected chi connectivity index (χ3v) is 6.01. The molecule has 19 heavy (non-hydrogen) atoms. The van der Waals surface area contributed by atoms with Gasteiger partial charge >= 0.3 is 0 Å². The van der Waals surface area contributed by atoms with Gasteiger partial charge in [0.05, 0.1) is 6.10 Å². The Balaban J connectivity index is 2.21. The van der Waals surface area contributed by atoms with E-state index in [0.717, 1.165) is 5.75 Å². The van der Waals surface area contributed by atoms with Gasteiger partial charge in [-0.25, -0.2) is 0 Å². The number of ether oxygens (including phenoxy) is 1. The lowest BCUT2D eigenvalue weighted by atomic mass is 10.0. The first-order valence-electron chi connectivity index (χ1n) is 6.84. The van der Waals surface area contributed by atoms with Gasteiger partial charge in [0.25, 0.3) is 0 Å². The summed E-state index contributed by atoms with van der Waals surface area (Å²) in [6.07, 6.45) is 0.215. The molecule has 0 aliphatic carbocycles. The molecule has 1 fully saturated rings. The second-order valence-corrected chi connectivity index (χ2v) is 7.45. The van der Waals surface area contributed by atoms with Crippen molar-refractivity contribution in [2.24, 2.45) is 0 Å². The Morgan fingerprint density at radius 3 is 2.68 bits per heavy atom. The second kappa shape index (κ2) is 7.46. The zero-order chi connectivity index (χ0) is 13.7. The molecular formula is C15H23NOS2. The maximum Gasteiger partial charge on any atom is 0.124 e. The molecule has 1 aromatic carbocycles. The van der Waals surface area contributed by atoms with E-state index in [1.165, 1.54) is 22.8 Å². The summed E-state index contributed by atoms with van der Waals surface area (Å²) in [6.45, 7) is 4.16. The van der Waals surface area contributed by atoms with Crippen LogP contribution >= 0.6 is 23.5 Å². The van der Waals surface area contributed by atoms with Crippen LogP contribution in [0.4, 0.5) is 0 Å². The van der Waals surface area contributed by atoms with Crippen LogP contribution in [0.2, 0.25) is 0 Å². The highest BCUT2D eigenvalue weighted by molar-refractivity contribution is 8.06. The molecule has 1 aliphatic rings. The van der Waals surface area contributed by atoms with Crippen LogP contribution in [-0.2, 0) is 0 Å². The molecule has 2 unspecified atom stereocenters.